The van der Waals surface area contributed by atoms with Gasteiger partial charge in [0, 0.05) is 18.1 Å². The minimum absolute atomic E-state index is 0.113. The van der Waals surface area contributed by atoms with Gasteiger partial charge in [-0.25, -0.2) is 14.6 Å². The molecule has 2 aromatic heterocycles. The van der Waals surface area contributed by atoms with Crippen molar-refractivity contribution in [3.8, 4) is 5.82 Å². The van der Waals surface area contributed by atoms with Crippen molar-refractivity contribution in [1.82, 2.24) is 19.7 Å². The van der Waals surface area contributed by atoms with Crippen LogP contribution in [0, 0.1) is 26.2 Å². The maximum absolute atomic E-state index is 7.49. The molecule has 0 radical (unpaired) electrons. The topological polar surface area (TPSA) is 93.5 Å². The van der Waals surface area contributed by atoms with Crippen LogP contribution in [0.2, 0.25) is 0 Å². The second-order valence-corrected chi connectivity index (χ2v) is 3.85. The Hall–Kier alpha value is -2.24. The Bertz CT molecular complexity index is 584. The van der Waals surface area contributed by atoms with Crippen molar-refractivity contribution < 1.29 is 0 Å². The van der Waals surface area contributed by atoms with E-state index in [0.717, 1.165) is 17.0 Å². The molecule has 0 bridgehead atoms. The molecule has 6 heteroatoms. The lowest BCUT2D eigenvalue weighted by Gasteiger charge is -2.07. The summed E-state index contributed by atoms with van der Waals surface area (Å²) in [7, 11) is 0. The van der Waals surface area contributed by atoms with E-state index >= 15 is 0 Å². The molecule has 88 valence electrons. The van der Waals surface area contributed by atoms with Crippen LogP contribution in [0.25, 0.3) is 5.82 Å². The van der Waals surface area contributed by atoms with Gasteiger partial charge in [0.15, 0.2) is 5.82 Å². The largest absolute Gasteiger partial charge is 0.382 e. The average Bonchev–Trinajstić information content (AvgIpc) is 2.57. The number of rotatable bonds is 2. The zero-order valence-electron chi connectivity index (χ0n) is 10.0. The third-order valence-electron chi connectivity index (χ3n) is 2.79. The standard InChI is InChI=1S/C11H14N6/c1-6-7(2)16-17(8(6)3)11-9(10(12)13)14-4-5-15-11/h4-5H,1-3H3,(H3,12,13). The zero-order chi connectivity index (χ0) is 12.6. The van der Waals surface area contributed by atoms with Crippen LogP contribution in [-0.2, 0) is 0 Å². The van der Waals surface area contributed by atoms with Gasteiger partial charge in [-0.1, -0.05) is 0 Å². The number of nitrogen functional groups attached to an aromatic ring is 1. The molecule has 0 saturated carbocycles. The van der Waals surface area contributed by atoms with Crippen molar-refractivity contribution in [2.75, 3.05) is 0 Å². The van der Waals surface area contributed by atoms with Crippen LogP contribution in [0.1, 0.15) is 22.6 Å². The van der Waals surface area contributed by atoms with Crippen molar-refractivity contribution in [2.24, 2.45) is 5.73 Å². The Morgan fingerprint density at radius 1 is 1.24 bits per heavy atom. The van der Waals surface area contributed by atoms with E-state index in [1.54, 1.807) is 10.9 Å². The van der Waals surface area contributed by atoms with Crippen LogP contribution in [0.15, 0.2) is 12.4 Å². The number of nitrogens with one attached hydrogen (secondary N) is 1. The summed E-state index contributed by atoms with van der Waals surface area (Å²) in [5, 5.41) is 11.9. The molecule has 0 unspecified atom stereocenters. The second-order valence-electron chi connectivity index (χ2n) is 3.85. The van der Waals surface area contributed by atoms with Crippen molar-refractivity contribution in [1.29, 1.82) is 5.41 Å². The van der Waals surface area contributed by atoms with Gasteiger partial charge in [0.25, 0.3) is 0 Å². The highest BCUT2D eigenvalue weighted by Gasteiger charge is 2.15. The summed E-state index contributed by atoms with van der Waals surface area (Å²) in [6, 6.07) is 0. The van der Waals surface area contributed by atoms with Gasteiger partial charge in [-0.3, -0.25) is 5.41 Å². The first kappa shape index (κ1) is 11.3. The van der Waals surface area contributed by atoms with E-state index in [4.69, 9.17) is 11.1 Å². The molecule has 2 rings (SSSR count). The van der Waals surface area contributed by atoms with Crippen molar-refractivity contribution in [3.05, 3.63) is 35.0 Å². The normalized spacial score (nSPS) is 10.5. The van der Waals surface area contributed by atoms with Crippen LogP contribution in [-0.4, -0.2) is 25.6 Å². The fraction of sp³-hybridized carbons (Fsp3) is 0.273. The maximum atomic E-state index is 7.49. The number of amidine groups is 1. The van der Waals surface area contributed by atoms with Crippen LogP contribution < -0.4 is 5.73 Å². The number of aryl methyl sites for hydroxylation is 1. The molecule has 6 nitrogen and oxygen atoms in total. The monoisotopic (exact) mass is 230 g/mol. The summed E-state index contributed by atoms with van der Waals surface area (Å²) in [6.07, 6.45) is 3.08. The molecule has 0 aliphatic carbocycles. The predicted molar refractivity (Wildman–Crippen MR) is 64.4 cm³/mol. The first-order valence-corrected chi connectivity index (χ1v) is 5.21. The highest BCUT2D eigenvalue weighted by molar-refractivity contribution is 5.95. The van der Waals surface area contributed by atoms with Crippen LogP contribution in [0.3, 0.4) is 0 Å². The van der Waals surface area contributed by atoms with Crippen LogP contribution in [0.5, 0.6) is 0 Å². The smallest absolute Gasteiger partial charge is 0.183 e. The molecule has 2 aromatic rings. The molecule has 3 N–H and O–H groups in total. The first-order chi connectivity index (χ1) is 8.02. The van der Waals surface area contributed by atoms with Crippen molar-refractivity contribution in [3.63, 3.8) is 0 Å². The Morgan fingerprint density at radius 3 is 2.41 bits per heavy atom. The Balaban J connectivity index is 2.68. The lowest BCUT2D eigenvalue weighted by atomic mass is 10.2. The molecule has 0 saturated heterocycles. The third-order valence-corrected chi connectivity index (χ3v) is 2.79. The van der Waals surface area contributed by atoms with Gasteiger partial charge in [-0.15, -0.1) is 0 Å². The fourth-order valence-corrected chi connectivity index (χ4v) is 1.60. The summed E-state index contributed by atoms with van der Waals surface area (Å²) < 4.78 is 1.67. The van der Waals surface area contributed by atoms with E-state index in [1.807, 2.05) is 20.8 Å². The van der Waals surface area contributed by atoms with E-state index in [1.165, 1.54) is 6.20 Å². The minimum atomic E-state index is -0.113. The van der Waals surface area contributed by atoms with Crippen LogP contribution >= 0.6 is 0 Å². The number of nitrogens with two attached hydrogens (primary N) is 1. The van der Waals surface area contributed by atoms with Gasteiger partial charge in [-0.05, 0) is 26.3 Å². The van der Waals surface area contributed by atoms with Gasteiger partial charge in [0.2, 0.25) is 0 Å². The fourth-order valence-electron chi connectivity index (χ4n) is 1.60. The molecule has 0 amide bonds. The summed E-state index contributed by atoms with van der Waals surface area (Å²) in [5.74, 6) is 0.381. The summed E-state index contributed by atoms with van der Waals surface area (Å²) in [5.41, 5.74) is 8.84. The highest BCUT2D eigenvalue weighted by Crippen LogP contribution is 2.16. The lowest BCUT2D eigenvalue weighted by molar-refractivity contribution is 0.795. The number of hydrogen-bond acceptors (Lipinski definition) is 4. The highest BCUT2D eigenvalue weighted by atomic mass is 15.3. The van der Waals surface area contributed by atoms with E-state index in [-0.39, 0.29) is 5.84 Å². The third kappa shape index (κ3) is 1.77. The summed E-state index contributed by atoms with van der Waals surface area (Å²) >= 11 is 0. The van der Waals surface area contributed by atoms with Crippen LogP contribution in [0.4, 0.5) is 0 Å². The van der Waals surface area contributed by atoms with E-state index in [0.29, 0.717) is 11.5 Å². The average molecular weight is 230 g/mol. The summed E-state index contributed by atoms with van der Waals surface area (Å²) in [6.45, 7) is 5.88. The number of aromatic nitrogens is 4. The summed E-state index contributed by atoms with van der Waals surface area (Å²) in [4.78, 5) is 8.26. The van der Waals surface area contributed by atoms with Gasteiger partial charge >= 0.3 is 0 Å². The molecule has 0 atom stereocenters. The maximum Gasteiger partial charge on any atom is 0.183 e. The Labute approximate surface area is 99.0 Å². The van der Waals surface area contributed by atoms with E-state index in [9.17, 15) is 0 Å². The molecule has 0 aliphatic rings. The van der Waals surface area contributed by atoms with Crippen molar-refractivity contribution >= 4 is 5.84 Å². The van der Waals surface area contributed by atoms with Gasteiger partial charge in [0.1, 0.15) is 11.5 Å². The molecule has 0 fully saturated rings. The first-order valence-electron chi connectivity index (χ1n) is 5.21. The quantitative estimate of drug-likeness (QED) is 0.591. The SMILES string of the molecule is Cc1nn(-c2nccnc2C(=N)N)c(C)c1C. The Kier molecular flexibility index (Phi) is 2.63. The van der Waals surface area contributed by atoms with E-state index < -0.39 is 0 Å². The molecule has 17 heavy (non-hydrogen) atoms. The molecule has 0 spiro atoms. The number of nitrogens with zero attached hydrogens (tertiary/aromatic N) is 4. The minimum Gasteiger partial charge on any atom is -0.382 e. The molecule has 0 aliphatic heterocycles. The molecule has 0 aromatic carbocycles. The molecular weight excluding hydrogens is 216 g/mol. The lowest BCUT2D eigenvalue weighted by Crippen LogP contribution is -2.18. The van der Waals surface area contributed by atoms with Gasteiger partial charge in [0.05, 0.1) is 5.69 Å². The number of hydrogen-bond donors (Lipinski definition) is 2. The van der Waals surface area contributed by atoms with Gasteiger partial charge in [-0.2, -0.15) is 5.10 Å². The molecular formula is C11H14N6. The van der Waals surface area contributed by atoms with Gasteiger partial charge < -0.3 is 5.73 Å². The second kappa shape index (κ2) is 3.97. The van der Waals surface area contributed by atoms with E-state index in [2.05, 4.69) is 15.1 Å². The predicted octanol–water partition coefficient (Wildman–Crippen LogP) is 0.872. The van der Waals surface area contributed by atoms with Crippen molar-refractivity contribution in [2.45, 2.75) is 20.8 Å². The zero-order valence-corrected chi connectivity index (χ0v) is 10.0. The Morgan fingerprint density at radius 2 is 1.88 bits per heavy atom. The molecule has 2 heterocycles.